The molecule has 8 heteroatoms. The third-order valence-corrected chi connectivity index (χ3v) is 3.37. The first kappa shape index (κ1) is 20.1. The summed E-state index contributed by atoms with van der Waals surface area (Å²) in [6.07, 6.45) is 1.36. The average Bonchev–Trinajstić information content (AvgIpc) is 2.96. The molecule has 1 amide bonds. The molecule has 0 spiro atoms. The lowest BCUT2D eigenvalue weighted by atomic mass is 10.1. The molecule has 132 valence electrons. The van der Waals surface area contributed by atoms with Gasteiger partial charge < -0.3 is 15.6 Å². The van der Waals surface area contributed by atoms with Gasteiger partial charge in [-0.3, -0.25) is 4.79 Å². The first-order chi connectivity index (χ1) is 11.0. The molecule has 1 atom stereocenters. The number of nitrogens with one attached hydrogen (secondary N) is 1. The lowest BCUT2D eigenvalue weighted by Gasteiger charge is -2.06. The van der Waals surface area contributed by atoms with Gasteiger partial charge in [-0.15, -0.1) is 12.4 Å². The third-order valence-electron chi connectivity index (χ3n) is 3.37. The summed E-state index contributed by atoms with van der Waals surface area (Å²) in [5, 5.41) is 6.65. The Morgan fingerprint density at radius 2 is 2.21 bits per heavy atom. The second-order valence-corrected chi connectivity index (χ2v) is 5.59. The number of aromatic nitrogens is 2. The van der Waals surface area contributed by atoms with Gasteiger partial charge in [-0.25, -0.2) is 4.39 Å². The molecule has 0 fully saturated rings. The van der Waals surface area contributed by atoms with Crippen molar-refractivity contribution < 1.29 is 13.7 Å². The van der Waals surface area contributed by atoms with E-state index in [0.29, 0.717) is 35.8 Å². The maximum Gasteiger partial charge on any atom is 0.227 e. The van der Waals surface area contributed by atoms with E-state index in [4.69, 9.17) is 10.3 Å². The van der Waals surface area contributed by atoms with Crippen LogP contribution in [0.15, 0.2) is 22.7 Å². The van der Waals surface area contributed by atoms with Crippen LogP contribution in [0.5, 0.6) is 0 Å². The minimum absolute atomic E-state index is 0. The molecule has 0 aliphatic carbocycles. The monoisotopic (exact) mass is 356 g/mol. The molecule has 0 radical (unpaired) electrons. The normalized spacial score (nSPS) is 11.7. The fourth-order valence-corrected chi connectivity index (χ4v) is 2.01. The maximum absolute atomic E-state index is 13.3. The summed E-state index contributed by atoms with van der Waals surface area (Å²) >= 11 is 0. The van der Waals surface area contributed by atoms with Crippen LogP contribution in [0.3, 0.4) is 0 Å². The molecule has 0 saturated heterocycles. The van der Waals surface area contributed by atoms with E-state index in [1.54, 1.807) is 19.1 Å². The van der Waals surface area contributed by atoms with Gasteiger partial charge in [-0.1, -0.05) is 5.16 Å². The highest BCUT2D eigenvalue weighted by Crippen LogP contribution is 2.19. The fourth-order valence-electron chi connectivity index (χ4n) is 2.01. The highest BCUT2D eigenvalue weighted by Gasteiger charge is 2.11. The SMILES string of the molecule is Cc1cc(-c2noc(CCC(=O)NCCC(C)N)n2)ccc1F.Cl. The standard InChI is InChI=1S/C16H21FN4O2.ClH/c1-10-9-12(3-4-13(10)17)16-20-15(23-21-16)6-5-14(22)19-8-7-11(2)18;/h3-4,9,11H,5-8,18H2,1-2H3,(H,19,22);1H. The Hall–Kier alpha value is -1.99. The number of hydrogen-bond acceptors (Lipinski definition) is 5. The van der Waals surface area contributed by atoms with Crippen molar-refractivity contribution >= 4 is 18.3 Å². The molecule has 6 nitrogen and oxygen atoms in total. The van der Waals surface area contributed by atoms with Gasteiger partial charge in [0, 0.05) is 31.0 Å². The van der Waals surface area contributed by atoms with Crippen molar-refractivity contribution in [1.82, 2.24) is 15.5 Å². The minimum Gasteiger partial charge on any atom is -0.356 e. The fraction of sp³-hybridized carbons (Fsp3) is 0.438. The third kappa shape index (κ3) is 5.90. The molecule has 0 bridgehead atoms. The maximum atomic E-state index is 13.3. The predicted molar refractivity (Wildman–Crippen MR) is 91.3 cm³/mol. The Labute approximate surface area is 146 Å². The van der Waals surface area contributed by atoms with Crippen LogP contribution in [0.25, 0.3) is 11.4 Å². The molecule has 1 aromatic heterocycles. The first-order valence-electron chi connectivity index (χ1n) is 7.57. The van der Waals surface area contributed by atoms with E-state index in [-0.39, 0.29) is 36.6 Å². The van der Waals surface area contributed by atoms with Crippen molar-refractivity contribution in [2.45, 2.75) is 39.2 Å². The molecular weight excluding hydrogens is 335 g/mol. The second kappa shape index (κ2) is 9.34. The quantitative estimate of drug-likeness (QED) is 0.794. The predicted octanol–water partition coefficient (Wildman–Crippen LogP) is 2.39. The van der Waals surface area contributed by atoms with Gasteiger partial charge in [0.1, 0.15) is 5.82 Å². The number of rotatable bonds is 7. The summed E-state index contributed by atoms with van der Waals surface area (Å²) in [6.45, 7) is 4.12. The largest absolute Gasteiger partial charge is 0.356 e. The van der Waals surface area contributed by atoms with Crippen LogP contribution in [0.4, 0.5) is 4.39 Å². The summed E-state index contributed by atoms with van der Waals surface area (Å²) in [4.78, 5) is 15.9. The summed E-state index contributed by atoms with van der Waals surface area (Å²) in [5.74, 6) is 0.411. The number of nitrogens with zero attached hydrogens (tertiary/aromatic N) is 2. The average molecular weight is 357 g/mol. The van der Waals surface area contributed by atoms with Crippen LogP contribution in [-0.4, -0.2) is 28.6 Å². The van der Waals surface area contributed by atoms with E-state index in [9.17, 15) is 9.18 Å². The Balaban J connectivity index is 0.00000288. The van der Waals surface area contributed by atoms with E-state index >= 15 is 0 Å². The van der Waals surface area contributed by atoms with Gasteiger partial charge in [0.25, 0.3) is 0 Å². The van der Waals surface area contributed by atoms with Gasteiger partial charge in [0.05, 0.1) is 0 Å². The molecule has 1 unspecified atom stereocenters. The highest BCUT2D eigenvalue weighted by molar-refractivity contribution is 5.85. The van der Waals surface area contributed by atoms with Crippen molar-refractivity contribution in [3.05, 3.63) is 35.5 Å². The van der Waals surface area contributed by atoms with Gasteiger partial charge in [-0.2, -0.15) is 4.98 Å². The zero-order valence-electron chi connectivity index (χ0n) is 13.7. The van der Waals surface area contributed by atoms with Gasteiger partial charge in [0.15, 0.2) is 0 Å². The number of aryl methyl sites for hydroxylation is 2. The van der Waals surface area contributed by atoms with Crippen LogP contribution in [-0.2, 0) is 11.2 Å². The Kier molecular flexibility index (Phi) is 7.81. The van der Waals surface area contributed by atoms with Crippen LogP contribution in [0.1, 0.15) is 31.2 Å². The smallest absolute Gasteiger partial charge is 0.227 e. The van der Waals surface area contributed by atoms with E-state index in [0.717, 1.165) is 6.42 Å². The molecule has 0 aliphatic rings. The Morgan fingerprint density at radius 3 is 2.88 bits per heavy atom. The minimum atomic E-state index is -0.277. The van der Waals surface area contributed by atoms with Gasteiger partial charge >= 0.3 is 0 Å². The number of amides is 1. The van der Waals surface area contributed by atoms with Crippen molar-refractivity contribution in [1.29, 1.82) is 0 Å². The number of hydrogen-bond donors (Lipinski definition) is 2. The summed E-state index contributed by atoms with van der Waals surface area (Å²) in [7, 11) is 0. The number of carbonyl (C=O) groups is 1. The molecular formula is C16H22ClFN4O2. The zero-order chi connectivity index (χ0) is 16.8. The molecule has 2 aromatic rings. The van der Waals surface area contributed by atoms with Crippen LogP contribution >= 0.6 is 12.4 Å². The summed E-state index contributed by atoms with van der Waals surface area (Å²) in [5.41, 5.74) is 6.81. The Morgan fingerprint density at radius 1 is 1.46 bits per heavy atom. The first-order valence-corrected chi connectivity index (χ1v) is 7.57. The molecule has 0 aliphatic heterocycles. The van der Waals surface area contributed by atoms with E-state index in [1.165, 1.54) is 6.07 Å². The van der Waals surface area contributed by atoms with Gasteiger partial charge in [-0.05, 0) is 44.0 Å². The summed E-state index contributed by atoms with van der Waals surface area (Å²) < 4.78 is 18.4. The van der Waals surface area contributed by atoms with E-state index < -0.39 is 0 Å². The van der Waals surface area contributed by atoms with Crippen molar-refractivity contribution in [3.63, 3.8) is 0 Å². The highest BCUT2D eigenvalue weighted by atomic mass is 35.5. The van der Waals surface area contributed by atoms with Gasteiger partial charge in [0.2, 0.25) is 17.6 Å². The number of halogens is 2. The second-order valence-electron chi connectivity index (χ2n) is 5.59. The van der Waals surface area contributed by atoms with Crippen LogP contribution < -0.4 is 11.1 Å². The molecule has 2 rings (SSSR count). The number of benzene rings is 1. The number of nitrogens with two attached hydrogens (primary N) is 1. The molecule has 1 aromatic carbocycles. The van der Waals surface area contributed by atoms with Crippen molar-refractivity contribution in [2.75, 3.05) is 6.54 Å². The van der Waals surface area contributed by atoms with Crippen LogP contribution in [0.2, 0.25) is 0 Å². The zero-order valence-corrected chi connectivity index (χ0v) is 14.5. The van der Waals surface area contributed by atoms with Crippen molar-refractivity contribution in [2.24, 2.45) is 5.73 Å². The molecule has 3 N–H and O–H groups in total. The number of carbonyl (C=O) groups excluding carboxylic acids is 1. The van der Waals surface area contributed by atoms with E-state index in [2.05, 4.69) is 15.5 Å². The van der Waals surface area contributed by atoms with Crippen LogP contribution in [0, 0.1) is 12.7 Å². The molecule has 24 heavy (non-hydrogen) atoms. The lowest BCUT2D eigenvalue weighted by Crippen LogP contribution is -2.29. The van der Waals surface area contributed by atoms with Crippen molar-refractivity contribution in [3.8, 4) is 11.4 Å². The Bertz CT molecular complexity index is 676. The summed E-state index contributed by atoms with van der Waals surface area (Å²) in [6, 6.07) is 4.68. The molecule has 0 saturated carbocycles. The molecule has 1 heterocycles. The topological polar surface area (TPSA) is 94.0 Å². The van der Waals surface area contributed by atoms with E-state index in [1.807, 2.05) is 6.92 Å². The lowest BCUT2D eigenvalue weighted by molar-refractivity contribution is -0.121.